The third-order valence-corrected chi connectivity index (χ3v) is 3.19. The van der Waals surface area contributed by atoms with Crippen LogP contribution < -0.4 is 4.74 Å². The summed E-state index contributed by atoms with van der Waals surface area (Å²) in [6.45, 7) is 8.22. The Bertz CT molecular complexity index is 568. The summed E-state index contributed by atoms with van der Waals surface area (Å²) in [6.07, 6.45) is 1.05. The maximum atomic E-state index is 9.71. The van der Waals surface area contributed by atoms with Crippen LogP contribution in [0.5, 0.6) is 11.6 Å². The number of hydrogen-bond acceptors (Lipinski definition) is 3. The molecule has 0 saturated carbocycles. The van der Waals surface area contributed by atoms with E-state index in [-0.39, 0.29) is 5.41 Å². The van der Waals surface area contributed by atoms with Crippen molar-refractivity contribution in [2.45, 2.75) is 39.2 Å². The molecule has 0 amide bonds. The minimum absolute atomic E-state index is 0.119. The number of ether oxygens (including phenoxy) is 1. The van der Waals surface area contributed by atoms with Crippen molar-refractivity contribution in [1.29, 1.82) is 0 Å². The quantitative estimate of drug-likeness (QED) is 0.908. The van der Waals surface area contributed by atoms with Gasteiger partial charge in [-0.2, -0.15) is 0 Å². The zero-order valence-corrected chi connectivity index (χ0v) is 12.4. The second-order valence-electron chi connectivity index (χ2n) is 5.95. The van der Waals surface area contributed by atoms with Gasteiger partial charge in [0.05, 0.1) is 6.10 Å². The summed E-state index contributed by atoms with van der Waals surface area (Å²) in [5, 5.41) is 9.71. The lowest BCUT2D eigenvalue weighted by Gasteiger charge is -2.19. The maximum absolute atomic E-state index is 9.71. The van der Waals surface area contributed by atoms with Crippen molar-refractivity contribution in [2.24, 2.45) is 0 Å². The first-order valence-corrected chi connectivity index (χ1v) is 6.79. The lowest BCUT2D eigenvalue weighted by atomic mass is 9.87. The molecule has 1 aromatic heterocycles. The summed E-state index contributed by atoms with van der Waals surface area (Å²) < 4.78 is 5.77. The monoisotopic (exact) mass is 271 g/mol. The predicted molar refractivity (Wildman–Crippen MR) is 80.1 cm³/mol. The van der Waals surface area contributed by atoms with E-state index in [9.17, 15) is 5.11 Å². The lowest BCUT2D eigenvalue weighted by molar-refractivity contribution is 0.194. The van der Waals surface area contributed by atoms with Crippen LogP contribution in [0.3, 0.4) is 0 Å². The van der Waals surface area contributed by atoms with Gasteiger partial charge in [-0.3, -0.25) is 0 Å². The molecule has 1 unspecified atom stereocenters. The summed E-state index contributed by atoms with van der Waals surface area (Å²) in [5.74, 6) is 1.17. The summed E-state index contributed by atoms with van der Waals surface area (Å²) in [5.41, 5.74) is 2.06. The van der Waals surface area contributed by atoms with Crippen LogP contribution in [0, 0.1) is 0 Å². The molecule has 0 bridgehead atoms. The van der Waals surface area contributed by atoms with Crippen molar-refractivity contribution >= 4 is 0 Å². The number of benzene rings is 1. The Morgan fingerprint density at radius 1 is 1.10 bits per heavy atom. The van der Waals surface area contributed by atoms with Gasteiger partial charge in [0.15, 0.2) is 0 Å². The summed E-state index contributed by atoms with van der Waals surface area (Å²) in [6, 6.07) is 11.6. The van der Waals surface area contributed by atoms with Gasteiger partial charge < -0.3 is 9.84 Å². The molecule has 0 saturated heterocycles. The normalized spacial score (nSPS) is 13.1. The fourth-order valence-corrected chi connectivity index (χ4v) is 1.94. The van der Waals surface area contributed by atoms with Crippen molar-refractivity contribution in [3.05, 3.63) is 53.7 Å². The molecule has 1 N–H and O–H groups in total. The first-order chi connectivity index (χ1) is 9.38. The minimum Gasteiger partial charge on any atom is -0.439 e. The van der Waals surface area contributed by atoms with E-state index in [0.717, 1.165) is 5.75 Å². The molecule has 0 radical (unpaired) electrons. The van der Waals surface area contributed by atoms with E-state index in [2.05, 4.69) is 37.9 Å². The van der Waals surface area contributed by atoms with Gasteiger partial charge in [0.2, 0.25) is 5.88 Å². The smallest absolute Gasteiger partial charge is 0.225 e. The zero-order chi connectivity index (χ0) is 14.8. The summed E-state index contributed by atoms with van der Waals surface area (Å²) in [4.78, 5) is 4.18. The molecule has 1 aromatic carbocycles. The topological polar surface area (TPSA) is 42.4 Å². The number of rotatable bonds is 3. The van der Waals surface area contributed by atoms with Crippen molar-refractivity contribution in [3.63, 3.8) is 0 Å². The highest BCUT2D eigenvalue weighted by Gasteiger charge is 2.14. The van der Waals surface area contributed by atoms with E-state index >= 15 is 0 Å². The van der Waals surface area contributed by atoms with E-state index in [4.69, 9.17) is 4.74 Å². The number of aliphatic hydroxyl groups is 1. The lowest BCUT2D eigenvalue weighted by Crippen LogP contribution is -2.10. The zero-order valence-electron chi connectivity index (χ0n) is 12.4. The fraction of sp³-hybridized carbons (Fsp3) is 0.353. The van der Waals surface area contributed by atoms with Crippen LogP contribution in [0.4, 0.5) is 0 Å². The first kappa shape index (κ1) is 14.5. The molecular formula is C17H21NO2. The van der Waals surface area contributed by atoms with Gasteiger partial charge in [0, 0.05) is 11.8 Å². The Kier molecular flexibility index (Phi) is 4.09. The van der Waals surface area contributed by atoms with Crippen LogP contribution in [-0.4, -0.2) is 10.1 Å². The third kappa shape index (κ3) is 3.36. The minimum atomic E-state index is -0.604. The van der Waals surface area contributed by atoms with Crippen LogP contribution in [0.2, 0.25) is 0 Å². The average Bonchev–Trinajstić information content (AvgIpc) is 2.38. The molecule has 2 rings (SSSR count). The third-order valence-electron chi connectivity index (χ3n) is 3.19. The first-order valence-electron chi connectivity index (χ1n) is 6.79. The van der Waals surface area contributed by atoms with E-state index in [0.29, 0.717) is 11.4 Å². The number of hydrogen-bond donors (Lipinski definition) is 1. The standard InChI is InChI=1S/C17H21NO2/c1-12(19)15-6-5-11-18-16(15)20-14-9-7-13(8-10-14)17(2,3)4/h5-12,19H,1-4H3. The molecule has 1 atom stereocenters. The molecule has 3 heteroatoms. The molecule has 20 heavy (non-hydrogen) atoms. The SMILES string of the molecule is CC(O)c1cccnc1Oc1ccc(C(C)(C)C)cc1. The van der Waals surface area contributed by atoms with E-state index < -0.39 is 6.10 Å². The second kappa shape index (κ2) is 5.63. The van der Waals surface area contributed by atoms with Crippen molar-refractivity contribution in [2.75, 3.05) is 0 Å². The summed E-state index contributed by atoms with van der Waals surface area (Å²) in [7, 11) is 0. The van der Waals surface area contributed by atoms with Gasteiger partial charge >= 0.3 is 0 Å². The Labute approximate surface area is 120 Å². The van der Waals surface area contributed by atoms with Crippen LogP contribution >= 0.6 is 0 Å². The van der Waals surface area contributed by atoms with E-state index in [1.807, 2.05) is 18.2 Å². The largest absolute Gasteiger partial charge is 0.439 e. The van der Waals surface area contributed by atoms with Crippen LogP contribution in [-0.2, 0) is 5.41 Å². The Balaban J connectivity index is 2.23. The molecule has 106 valence electrons. The highest BCUT2D eigenvalue weighted by atomic mass is 16.5. The number of aliphatic hydroxyl groups excluding tert-OH is 1. The van der Waals surface area contributed by atoms with Crippen molar-refractivity contribution < 1.29 is 9.84 Å². The average molecular weight is 271 g/mol. The van der Waals surface area contributed by atoms with Gasteiger partial charge in [-0.05, 0) is 42.2 Å². The highest BCUT2D eigenvalue weighted by molar-refractivity contribution is 5.36. The predicted octanol–water partition coefficient (Wildman–Crippen LogP) is 4.22. The fourth-order valence-electron chi connectivity index (χ4n) is 1.94. The molecule has 0 fully saturated rings. The molecule has 3 nitrogen and oxygen atoms in total. The van der Waals surface area contributed by atoms with E-state index in [1.54, 1.807) is 19.2 Å². The maximum Gasteiger partial charge on any atom is 0.225 e. The molecular weight excluding hydrogens is 250 g/mol. The molecule has 0 aliphatic heterocycles. The number of nitrogens with zero attached hydrogens (tertiary/aromatic N) is 1. The Morgan fingerprint density at radius 2 is 1.75 bits per heavy atom. The molecule has 0 aliphatic carbocycles. The van der Waals surface area contributed by atoms with Gasteiger partial charge in [-0.15, -0.1) is 0 Å². The van der Waals surface area contributed by atoms with Crippen molar-refractivity contribution in [1.82, 2.24) is 4.98 Å². The molecule has 1 heterocycles. The van der Waals surface area contributed by atoms with Gasteiger partial charge in [-0.1, -0.05) is 32.9 Å². The highest BCUT2D eigenvalue weighted by Crippen LogP contribution is 2.29. The molecule has 2 aromatic rings. The number of pyridine rings is 1. The van der Waals surface area contributed by atoms with Crippen LogP contribution in [0.15, 0.2) is 42.6 Å². The Hall–Kier alpha value is -1.87. The van der Waals surface area contributed by atoms with Gasteiger partial charge in [0.1, 0.15) is 5.75 Å². The summed E-state index contributed by atoms with van der Waals surface area (Å²) >= 11 is 0. The van der Waals surface area contributed by atoms with Crippen LogP contribution in [0.1, 0.15) is 44.9 Å². The van der Waals surface area contributed by atoms with Gasteiger partial charge in [-0.25, -0.2) is 4.98 Å². The van der Waals surface area contributed by atoms with E-state index in [1.165, 1.54) is 5.56 Å². The second-order valence-corrected chi connectivity index (χ2v) is 5.95. The molecule has 0 aliphatic rings. The molecule has 0 spiro atoms. The van der Waals surface area contributed by atoms with Crippen LogP contribution in [0.25, 0.3) is 0 Å². The number of aromatic nitrogens is 1. The Morgan fingerprint density at radius 3 is 2.30 bits per heavy atom. The van der Waals surface area contributed by atoms with Gasteiger partial charge in [0.25, 0.3) is 0 Å². The van der Waals surface area contributed by atoms with Crippen molar-refractivity contribution in [3.8, 4) is 11.6 Å².